The molecule has 0 aliphatic carbocycles. The fraction of sp³-hybridized carbons (Fsp3) is 0.579. The number of phenols is 1. The Morgan fingerprint density at radius 3 is 2.50 bits per heavy atom. The molecule has 1 aromatic rings. The molecule has 30 heavy (non-hydrogen) atoms. The van der Waals surface area contributed by atoms with Crippen LogP contribution in [0.3, 0.4) is 0 Å². The van der Waals surface area contributed by atoms with Crippen LogP contribution in [0.25, 0.3) is 0 Å². The van der Waals surface area contributed by atoms with Crippen molar-refractivity contribution in [1.82, 2.24) is 5.32 Å². The number of methoxy groups -OCH3 is 2. The van der Waals surface area contributed by atoms with Crippen molar-refractivity contribution in [2.24, 2.45) is 0 Å². The second-order valence-electron chi connectivity index (χ2n) is 6.62. The van der Waals surface area contributed by atoms with Crippen LogP contribution in [0.4, 0.5) is 0 Å². The van der Waals surface area contributed by atoms with Crippen molar-refractivity contribution in [2.75, 3.05) is 34.0 Å². The Morgan fingerprint density at radius 1 is 1.13 bits per heavy atom. The van der Waals surface area contributed by atoms with E-state index in [9.17, 15) is 24.9 Å². The Labute approximate surface area is 173 Å². The number of amides is 1. The minimum Gasteiger partial charge on any atom is -0.508 e. The molecule has 11 heteroatoms. The molecule has 0 aromatic heterocycles. The van der Waals surface area contributed by atoms with Gasteiger partial charge in [-0.1, -0.05) is 0 Å². The SMILES string of the molecule is COC(=O)c1cc(O)cc(OCCOCC2O[C@H](OC)[C@H](NC(C)=O)[C@@H](O)[C@H]2O)c1. The van der Waals surface area contributed by atoms with Gasteiger partial charge in [0.25, 0.3) is 0 Å². The van der Waals surface area contributed by atoms with E-state index < -0.39 is 42.5 Å². The molecule has 1 unspecified atom stereocenters. The van der Waals surface area contributed by atoms with Crippen molar-refractivity contribution >= 4 is 11.9 Å². The molecular formula is C19H27NO10. The first-order chi connectivity index (χ1) is 14.3. The molecular weight excluding hydrogens is 402 g/mol. The highest BCUT2D eigenvalue weighted by molar-refractivity contribution is 5.90. The lowest BCUT2D eigenvalue weighted by atomic mass is 9.97. The molecule has 1 aliphatic rings. The Bertz CT molecular complexity index is 725. The zero-order chi connectivity index (χ0) is 22.3. The molecule has 1 fully saturated rings. The lowest BCUT2D eigenvalue weighted by Gasteiger charge is -2.42. The first-order valence-electron chi connectivity index (χ1n) is 9.21. The molecule has 0 spiro atoms. The highest BCUT2D eigenvalue weighted by atomic mass is 16.7. The van der Waals surface area contributed by atoms with Crippen molar-refractivity contribution in [3.05, 3.63) is 23.8 Å². The van der Waals surface area contributed by atoms with E-state index in [0.717, 1.165) is 0 Å². The Kier molecular flexibility index (Phi) is 8.81. The molecule has 2 rings (SSSR count). The summed E-state index contributed by atoms with van der Waals surface area (Å²) in [5.74, 6) is -0.910. The van der Waals surface area contributed by atoms with Gasteiger partial charge in [-0.2, -0.15) is 0 Å². The topological polar surface area (TPSA) is 153 Å². The number of nitrogens with one attached hydrogen (secondary N) is 1. The lowest BCUT2D eigenvalue weighted by molar-refractivity contribution is -0.265. The molecule has 4 N–H and O–H groups in total. The lowest BCUT2D eigenvalue weighted by Crippen LogP contribution is -2.64. The van der Waals surface area contributed by atoms with Crippen LogP contribution in [0.2, 0.25) is 0 Å². The Hall–Kier alpha value is -2.44. The molecule has 1 saturated heterocycles. The average molecular weight is 429 g/mol. The zero-order valence-electron chi connectivity index (χ0n) is 16.9. The fourth-order valence-electron chi connectivity index (χ4n) is 2.98. The van der Waals surface area contributed by atoms with Crippen LogP contribution in [-0.4, -0.2) is 91.9 Å². The standard InChI is InChI=1S/C19H27NO10/c1-10(21)20-15-17(24)16(23)14(30-19(15)27-3)9-28-4-5-29-13-7-11(18(25)26-2)6-12(22)8-13/h6-8,14-17,19,22-24H,4-5,9H2,1-3H3,(H,20,21)/t14?,15-,16+,17-,19+/m1/s1. The van der Waals surface area contributed by atoms with Gasteiger partial charge in [0.2, 0.25) is 5.91 Å². The summed E-state index contributed by atoms with van der Waals surface area (Å²) in [6, 6.07) is 3.09. The second-order valence-corrected chi connectivity index (χ2v) is 6.62. The predicted molar refractivity (Wildman–Crippen MR) is 101 cm³/mol. The molecule has 0 radical (unpaired) electrons. The van der Waals surface area contributed by atoms with Gasteiger partial charge >= 0.3 is 5.97 Å². The molecule has 0 saturated carbocycles. The van der Waals surface area contributed by atoms with E-state index in [2.05, 4.69) is 10.1 Å². The van der Waals surface area contributed by atoms with E-state index in [1.54, 1.807) is 0 Å². The summed E-state index contributed by atoms with van der Waals surface area (Å²) in [4.78, 5) is 22.8. The summed E-state index contributed by atoms with van der Waals surface area (Å²) in [6.45, 7) is 1.39. The van der Waals surface area contributed by atoms with Gasteiger partial charge < -0.3 is 44.3 Å². The van der Waals surface area contributed by atoms with E-state index in [-0.39, 0.29) is 36.9 Å². The highest BCUT2D eigenvalue weighted by Crippen LogP contribution is 2.23. The van der Waals surface area contributed by atoms with Gasteiger partial charge in [-0.15, -0.1) is 0 Å². The van der Waals surface area contributed by atoms with Gasteiger partial charge in [-0.3, -0.25) is 4.79 Å². The van der Waals surface area contributed by atoms with Crippen LogP contribution in [0.15, 0.2) is 18.2 Å². The molecule has 1 heterocycles. The van der Waals surface area contributed by atoms with Crippen LogP contribution >= 0.6 is 0 Å². The normalized spacial score (nSPS) is 26.1. The van der Waals surface area contributed by atoms with Crippen molar-refractivity contribution in [3.63, 3.8) is 0 Å². The molecule has 1 aliphatic heterocycles. The van der Waals surface area contributed by atoms with E-state index in [1.807, 2.05) is 0 Å². The van der Waals surface area contributed by atoms with E-state index in [4.69, 9.17) is 18.9 Å². The number of aliphatic hydroxyl groups excluding tert-OH is 2. The third-order valence-corrected chi connectivity index (χ3v) is 4.39. The number of carbonyl (C=O) groups is 2. The summed E-state index contributed by atoms with van der Waals surface area (Å²) in [5.41, 5.74) is 0.139. The maximum Gasteiger partial charge on any atom is 0.338 e. The van der Waals surface area contributed by atoms with Crippen LogP contribution in [-0.2, 0) is 23.7 Å². The summed E-state index contributed by atoms with van der Waals surface area (Å²) in [6.07, 6.45) is -4.45. The maximum atomic E-state index is 11.6. The summed E-state index contributed by atoms with van der Waals surface area (Å²) in [5, 5.41) is 32.7. The first kappa shape index (κ1) is 23.8. The molecule has 11 nitrogen and oxygen atoms in total. The third kappa shape index (κ3) is 6.28. The quantitative estimate of drug-likeness (QED) is 0.289. The molecule has 1 amide bonds. The summed E-state index contributed by atoms with van der Waals surface area (Å²) >= 11 is 0. The Balaban J connectivity index is 1.82. The molecule has 168 valence electrons. The van der Waals surface area contributed by atoms with Gasteiger partial charge in [-0.05, 0) is 12.1 Å². The first-order valence-corrected chi connectivity index (χ1v) is 9.21. The minimum atomic E-state index is -1.30. The predicted octanol–water partition coefficient (Wildman–Crippen LogP) is -0.828. The van der Waals surface area contributed by atoms with Crippen LogP contribution in [0, 0.1) is 0 Å². The van der Waals surface area contributed by atoms with Crippen molar-refractivity contribution in [2.45, 2.75) is 37.6 Å². The second kappa shape index (κ2) is 11.1. The fourth-order valence-corrected chi connectivity index (χ4v) is 2.98. The number of ether oxygens (including phenoxy) is 5. The minimum absolute atomic E-state index is 0.0678. The van der Waals surface area contributed by atoms with Crippen LogP contribution in [0.5, 0.6) is 11.5 Å². The number of hydrogen-bond acceptors (Lipinski definition) is 10. The van der Waals surface area contributed by atoms with Crippen molar-refractivity contribution in [1.29, 1.82) is 0 Å². The largest absolute Gasteiger partial charge is 0.508 e. The highest BCUT2D eigenvalue weighted by Gasteiger charge is 2.45. The average Bonchev–Trinajstić information content (AvgIpc) is 2.71. The number of aromatic hydroxyl groups is 1. The summed E-state index contributed by atoms with van der Waals surface area (Å²) in [7, 11) is 2.58. The molecule has 5 atom stereocenters. The number of esters is 1. The van der Waals surface area contributed by atoms with Gasteiger partial charge in [0.15, 0.2) is 6.29 Å². The van der Waals surface area contributed by atoms with Gasteiger partial charge in [-0.25, -0.2) is 4.79 Å². The maximum absolute atomic E-state index is 11.6. The Morgan fingerprint density at radius 2 is 1.87 bits per heavy atom. The van der Waals surface area contributed by atoms with E-state index in [0.29, 0.717) is 0 Å². The third-order valence-electron chi connectivity index (χ3n) is 4.39. The number of benzene rings is 1. The van der Waals surface area contributed by atoms with Crippen LogP contribution < -0.4 is 10.1 Å². The van der Waals surface area contributed by atoms with Gasteiger partial charge in [0.1, 0.15) is 42.5 Å². The smallest absolute Gasteiger partial charge is 0.338 e. The van der Waals surface area contributed by atoms with E-state index in [1.165, 1.54) is 39.3 Å². The number of phenolic OH excluding ortho intramolecular Hbond substituents is 1. The summed E-state index contributed by atoms with van der Waals surface area (Å²) < 4.78 is 26.2. The number of aliphatic hydroxyl groups is 2. The van der Waals surface area contributed by atoms with Gasteiger partial charge in [0, 0.05) is 20.1 Å². The van der Waals surface area contributed by atoms with E-state index >= 15 is 0 Å². The molecule has 0 bridgehead atoms. The van der Waals surface area contributed by atoms with Gasteiger partial charge in [0.05, 0.1) is 25.9 Å². The van der Waals surface area contributed by atoms with Crippen molar-refractivity contribution < 1.29 is 48.6 Å². The number of carbonyl (C=O) groups excluding carboxylic acids is 2. The number of hydrogen-bond donors (Lipinski definition) is 4. The van der Waals surface area contributed by atoms with Crippen LogP contribution in [0.1, 0.15) is 17.3 Å². The van der Waals surface area contributed by atoms with Crippen molar-refractivity contribution in [3.8, 4) is 11.5 Å². The zero-order valence-corrected chi connectivity index (χ0v) is 16.9. The number of rotatable bonds is 9. The monoisotopic (exact) mass is 429 g/mol. The molecule has 1 aromatic carbocycles.